The highest BCUT2D eigenvalue weighted by molar-refractivity contribution is 5.98. The third kappa shape index (κ3) is 3.42. The molecular weight excluding hydrogens is 229 g/mol. The molecule has 0 saturated carbocycles. The number of benzene rings is 1. The molecule has 92 valence electrons. The minimum Gasteiger partial charge on any atom is -0.409 e. The number of anilines is 1. The van der Waals surface area contributed by atoms with Crippen molar-refractivity contribution in [2.75, 3.05) is 19.0 Å². The lowest BCUT2D eigenvalue weighted by Crippen LogP contribution is -2.18. The SMILES string of the molecule is COCC(=O)Nc1ccc(/C(N)=N/O)cc1F. The van der Waals surface area contributed by atoms with Gasteiger partial charge in [-0.25, -0.2) is 4.39 Å². The van der Waals surface area contributed by atoms with Crippen molar-refractivity contribution in [3.05, 3.63) is 29.6 Å². The quantitative estimate of drug-likeness (QED) is 0.309. The number of rotatable bonds is 4. The third-order valence-corrected chi connectivity index (χ3v) is 1.92. The molecule has 17 heavy (non-hydrogen) atoms. The molecule has 4 N–H and O–H groups in total. The lowest BCUT2D eigenvalue weighted by molar-refractivity contribution is -0.119. The molecule has 0 unspecified atom stereocenters. The summed E-state index contributed by atoms with van der Waals surface area (Å²) < 4.78 is 18.1. The van der Waals surface area contributed by atoms with Crippen LogP contribution >= 0.6 is 0 Å². The van der Waals surface area contributed by atoms with Crippen LogP contribution in [0, 0.1) is 5.82 Å². The number of methoxy groups -OCH3 is 1. The normalized spacial score (nSPS) is 11.3. The molecule has 0 heterocycles. The molecule has 0 aliphatic rings. The first-order chi connectivity index (χ1) is 8.08. The first-order valence-corrected chi connectivity index (χ1v) is 4.64. The van der Waals surface area contributed by atoms with Crippen molar-refractivity contribution in [1.82, 2.24) is 0 Å². The molecule has 0 spiro atoms. The molecule has 0 aliphatic heterocycles. The molecule has 7 heteroatoms. The highest BCUT2D eigenvalue weighted by Crippen LogP contribution is 2.15. The molecule has 0 aliphatic carbocycles. The smallest absolute Gasteiger partial charge is 0.250 e. The Morgan fingerprint density at radius 2 is 2.35 bits per heavy atom. The lowest BCUT2D eigenvalue weighted by Gasteiger charge is -2.07. The zero-order chi connectivity index (χ0) is 12.8. The summed E-state index contributed by atoms with van der Waals surface area (Å²) in [4.78, 5) is 11.1. The zero-order valence-electron chi connectivity index (χ0n) is 9.11. The van der Waals surface area contributed by atoms with Crippen molar-refractivity contribution >= 4 is 17.4 Å². The van der Waals surface area contributed by atoms with Crippen molar-refractivity contribution in [2.45, 2.75) is 0 Å². The van der Waals surface area contributed by atoms with Crippen LogP contribution in [-0.2, 0) is 9.53 Å². The molecule has 0 fully saturated rings. The van der Waals surface area contributed by atoms with Crippen molar-refractivity contribution in [3.8, 4) is 0 Å². The Hall–Kier alpha value is -2.15. The van der Waals surface area contributed by atoms with Crippen LogP contribution in [0.5, 0.6) is 0 Å². The maximum Gasteiger partial charge on any atom is 0.250 e. The van der Waals surface area contributed by atoms with E-state index in [1.165, 1.54) is 19.2 Å². The number of halogens is 1. The largest absolute Gasteiger partial charge is 0.409 e. The molecule has 1 amide bonds. The van der Waals surface area contributed by atoms with E-state index in [1.54, 1.807) is 0 Å². The summed E-state index contributed by atoms with van der Waals surface area (Å²) in [5.41, 5.74) is 5.51. The molecule has 1 aromatic rings. The number of hydrogen-bond donors (Lipinski definition) is 3. The molecule has 0 bridgehead atoms. The van der Waals surface area contributed by atoms with Crippen LogP contribution in [0.2, 0.25) is 0 Å². The van der Waals surface area contributed by atoms with Gasteiger partial charge in [0.2, 0.25) is 5.91 Å². The van der Waals surface area contributed by atoms with E-state index in [4.69, 9.17) is 10.9 Å². The average molecular weight is 241 g/mol. The maximum atomic E-state index is 13.5. The van der Waals surface area contributed by atoms with Gasteiger partial charge in [0.15, 0.2) is 5.84 Å². The molecular formula is C10H12FN3O3. The van der Waals surface area contributed by atoms with Gasteiger partial charge in [-0.2, -0.15) is 0 Å². The lowest BCUT2D eigenvalue weighted by atomic mass is 10.2. The van der Waals surface area contributed by atoms with Gasteiger partial charge in [-0.15, -0.1) is 0 Å². The second-order valence-corrected chi connectivity index (χ2v) is 3.16. The Morgan fingerprint density at radius 1 is 1.65 bits per heavy atom. The second kappa shape index (κ2) is 5.80. The number of nitrogens with zero attached hydrogens (tertiary/aromatic N) is 1. The van der Waals surface area contributed by atoms with E-state index in [0.717, 1.165) is 6.07 Å². The Balaban J connectivity index is 2.87. The van der Waals surface area contributed by atoms with Gasteiger partial charge in [-0.3, -0.25) is 4.79 Å². The molecule has 0 aromatic heterocycles. The molecule has 1 rings (SSSR count). The second-order valence-electron chi connectivity index (χ2n) is 3.16. The fourth-order valence-electron chi connectivity index (χ4n) is 1.15. The van der Waals surface area contributed by atoms with Crippen LogP contribution in [0.15, 0.2) is 23.4 Å². The molecule has 0 radical (unpaired) electrons. The van der Waals surface area contributed by atoms with Gasteiger partial charge in [-0.05, 0) is 18.2 Å². The fourth-order valence-corrected chi connectivity index (χ4v) is 1.15. The van der Waals surface area contributed by atoms with Crippen LogP contribution in [0.4, 0.5) is 10.1 Å². The summed E-state index contributed by atoms with van der Waals surface area (Å²) >= 11 is 0. The van der Waals surface area contributed by atoms with Gasteiger partial charge in [0.05, 0.1) is 5.69 Å². The monoisotopic (exact) mass is 241 g/mol. The first kappa shape index (κ1) is 12.9. The van der Waals surface area contributed by atoms with Crippen LogP contribution in [-0.4, -0.2) is 30.7 Å². The van der Waals surface area contributed by atoms with E-state index in [2.05, 4.69) is 15.2 Å². The maximum absolute atomic E-state index is 13.5. The Labute approximate surface area is 96.9 Å². The topological polar surface area (TPSA) is 96.9 Å². The summed E-state index contributed by atoms with van der Waals surface area (Å²) in [7, 11) is 1.36. The predicted octanol–water partition coefficient (Wildman–Crippen LogP) is 0.505. The van der Waals surface area contributed by atoms with E-state index in [1.807, 2.05) is 0 Å². The van der Waals surface area contributed by atoms with Crippen molar-refractivity contribution in [3.63, 3.8) is 0 Å². The summed E-state index contributed by atoms with van der Waals surface area (Å²) in [6.07, 6.45) is 0. The number of carbonyl (C=O) groups is 1. The fraction of sp³-hybridized carbons (Fsp3) is 0.200. The van der Waals surface area contributed by atoms with Crippen molar-refractivity contribution in [2.24, 2.45) is 10.9 Å². The molecule has 1 aromatic carbocycles. The van der Waals surface area contributed by atoms with Gasteiger partial charge in [0, 0.05) is 12.7 Å². The first-order valence-electron chi connectivity index (χ1n) is 4.64. The standard InChI is InChI=1S/C10H12FN3O3/c1-17-5-9(15)13-8-3-2-6(4-7(8)11)10(12)14-16/h2-4,16H,5H2,1H3,(H2,12,14)(H,13,15). The minimum atomic E-state index is -0.682. The van der Waals surface area contributed by atoms with Crippen LogP contribution in [0.1, 0.15) is 5.56 Å². The van der Waals surface area contributed by atoms with Crippen LogP contribution < -0.4 is 11.1 Å². The van der Waals surface area contributed by atoms with Gasteiger partial charge < -0.3 is 21.0 Å². The number of amides is 1. The van der Waals surface area contributed by atoms with E-state index in [9.17, 15) is 9.18 Å². The predicted molar refractivity (Wildman–Crippen MR) is 59.4 cm³/mol. The summed E-state index contributed by atoms with van der Waals surface area (Å²) in [5.74, 6) is -1.36. The number of amidine groups is 1. The summed E-state index contributed by atoms with van der Waals surface area (Å²) in [5, 5.41) is 13.5. The number of nitrogens with two attached hydrogens (primary N) is 1. The number of nitrogens with one attached hydrogen (secondary N) is 1. The van der Waals surface area contributed by atoms with Crippen molar-refractivity contribution < 1.29 is 19.1 Å². The summed E-state index contributed by atoms with van der Waals surface area (Å²) in [6, 6.07) is 3.79. The van der Waals surface area contributed by atoms with E-state index in [0.29, 0.717) is 0 Å². The molecule has 0 saturated heterocycles. The average Bonchev–Trinajstić information content (AvgIpc) is 2.31. The van der Waals surface area contributed by atoms with Crippen molar-refractivity contribution in [1.29, 1.82) is 0 Å². The third-order valence-electron chi connectivity index (χ3n) is 1.92. The van der Waals surface area contributed by atoms with Gasteiger partial charge in [0.1, 0.15) is 12.4 Å². The van der Waals surface area contributed by atoms with Crippen LogP contribution in [0.3, 0.4) is 0 Å². The molecule has 6 nitrogen and oxygen atoms in total. The number of oxime groups is 1. The number of ether oxygens (including phenoxy) is 1. The highest BCUT2D eigenvalue weighted by atomic mass is 19.1. The Morgan fingerprint density at radius 3 is 2.88 bits per heavy atom. The summed E-state index contributed by atoms with van der Waals surface area (Å²) in [6.45, 7) is -0.165. The van der Waals surface area contributed by atoms with E-state index in [-0.39, 0.29) is 23.7 Å². The Kier molecular flexibility index (Phi) is 4.41. The van der Waals surface area contributed by atoms with E-state index >= 15 is 0 Å². The molecule has 0 atom stereocenters. The Bertz CT molecular complexity index is 448. The number of carbonyl (C=O) groups excluding carboxylic acids is 1. The van der Waals surface area contributed by atoms with Gasteiger partial charge in [0.25, 0.3) is 0 Å². The minimum absolute atomic E-state index is 0.00143. The van der Waals surface area contributed by atoms with Gasteiger partial charge >= 0.3 is 0 Å². The number of hydrogen-bond acceptors (Lipinski definition) is 4. The van der Waals surface area contributed by atoms with Crippen LogP contribution in [0.25, 0.3) is 0 Å². The van der Waals surface area contributed by atoms with E-state index < -0.39 is 11.7 Å². The zero-order valence-corrected chi connectivity index (χ0v) is 9.11. The highest BCUT2D eigenvalue weighted by Gasteiger charge is 2.09. The van der Waals surface area contributed by atoms with Gasteiger partial charge in [-0.1, -0.05) is 5.16 Å².